The maximum Gasteiger partial charge on any atom is 0.310 e. The predicted octanol–water partition coefficient (Wildman–Crippen LogP) is 0.717. The largest absolute Gasteiger partial charge is 0.481 e. The molecule has 2 atom stereocenters. The van der Waals surface area contributed by atoms with Gasteiger partial charge in [0.1, 0.15) is 0 Å². The number of rotatable bonds is 4. The second-order valence-electron chi connectivity index (χ2n) is 5.34. The van der Waals surface area contributed by atoms with E-state index in [1.807, 2.05) is 0 Å². The molecule has 2 unspecified atom stereocenters. The molecule has 0 aromatic rings. The van der Waals surface area contributed by atoms with E-state index in [0.29, 0.717) is 19.5 Å². The van der Waals surface area contributed by atoms with Gasteiger partial charge in [0.2, 0.25) is 5.91 Å². The zero-order valence-corrected chi connectivity index (χ0v) is 10.6. The Morgan fingerprint density at radius 1 is 1.47 bits per heavy atom. The van der Waals surface area contributed by atoms with Gasteiger partial charge < -0.3 is 15.1 Å². The van der Waals surface area contributed by atoms with Crippen LogP contribution in [0.3, 0.4) is 0 Å². The fraction of sp³-hybridized carbons (Fsp3) is 0.833. The number of likely N-dealkylation sites (tertiary alicyclic amines) is 1. The minimum Gasteiger partial charge on any atom is -0.481 e. The summed E-state index contributed by atoms with van der Waals surface area (Å²) in [5.41, 5.74) is -1.04. The molecule has 0 radical (unpaired) electrons. The van der Waals surface area contributed by atoms with Crippen LogP contribution in [0.25, 0.3) is 0 Å². The van der Waals surface area contributed by atoms with Crippen LogP contribution in [-0.2, 0) is 9.59 Å². The molecule has 17 heavy (non-hydrogen) atoms. The number of hydrogen-bond acceptors (Lipinski definition) is 3. The number of aliphatic hydroxyl groups excluding tert-OH is 1. The number of carboxylic acid groups (broad SMARTS) is 1. The standard InChI is InChI=1S/C12H21NO4/c1-8(2)12(3,11(16)17)6-10(15)13-5-4-9(14)7-13/h8-9,14H,4-7H2,1-3H3,(H,16,17). The summed E-state index contributed by atoms with van der Waals surface area (Å²) < 4.78 is 0. The number of carbonyl (C=O) groups is 2. The van der Waals surface area contributed by atoms with Crippen molar-refractivity contribution in [3.8, 4) is 0 Å². The normalized spacial score (nSPS) is 23.8. The van der Waals surface area contributed by atoms with Crippen LogP contribution in [0.15, 0.2) is 0 Å². The second-order valence-corrected chi connectivity index (χ2v) is 5.34. The maximum absolute atomic E-state index is 12.0. The zero-order chi connectivity index (χ0) is 13.2. The number of carboxylic acids is 1. The van der Waals surface area contributed by atoms with Crippen molar-refractivity contribution in [3.63, 3.8) is 0 Å². The van der Waals surface area contributed by atoms with E-state index in [2.05, 4.69) is 0 Å². The number of aliphatic carboxylic acids is 1. The average Bonchev–Trinajstić information content (AvgIpc) is 2.64. The van der Waals surface area contributed by atoms with Crippen molar-refractivity contribution in [1.29, 1.82) is 0 Å². The molecule has 0 saturated carbocycles. The summed E-state index contributed by atoms with van der Waals surface area (Å²) in [6.45, 7) is 6.06. The number of amides is 1. The summed E-state index contributed by atoms with van der Waals surface area (Å²) in [5, 5.41) is 18.6. The van der Waals surface area contributed by atoms with Crippen molar-refractivity contribution in [2.45, 2.75) is 39.7 Å². The topological polar surface area (TPSA) is 77.8 Å². The van der Waals surface area contributed by atoms with E-state index in [-0.39, 0.29) is 18.2 Å². The summed E-state index contributed by atoms with van der Waals surface area (Å²) in [6, 6.07) is 0. The number of hydrogen-bond donors (Lipinski definition) is 2. The Hall–Kier alpha value is -1.10. The Kier molecular flexibility index (Phi) is 4.14. The summed E-state index contributed by atoms with van der Waals surface area (Å²) in [6.07, 6.45) is 0.110. The van der Waals surface area contributed by atoms with Crippen molar-refractivity contribution in [2.24, 2.45) is 11.3 Å². The lowest BCUT2D eigenvalue weighted by Crippen LogP contribution is -2.40. The molecule has 1 heterocycles. The van der Waals surface area contributed by atoms with Crippen molar-refractivity contribution in [1.82, 2.24) is 4.90 Å². The number of nitrogens with zero attached hydrogens (tertiary/aromatic N) is 1. The average molecular weight is 243 g/mol. The van der Waals surface area contributed by atoms with E-state index < -0.39 is 17.5 Å². The summed E-state index contributed by atoms with van der Waals surface area (Å²) >= 11 is 0. The molecule has 1 fully saturated rings. The third-order valence-electron chi connectivity index (χ3n) is 3.80. The molecule has 1 rings (SSSR count). The lowest BCUT2D eigenvalue weighted by Gasteiger charge is -2.30. The van der Waals surface area contributed by atoms with Gasteiger partial charge in [-0.25, -0.2) is 0 Å². The van der Waals surface area contributed by atoms with E-state index >= 15 is 0 Å². The van der Waals surface area contributed by atoms with Crippen molar-refractivity contribution in [2.75, 3.05) is 13.1 Å². The first kappa shape index (κ1) is 14.0. The van der Waals surface area contributed by atoms with Crippen LogP contribution in [0.1, 0.15) is 33.6 Å². The number of carbonyl (C=O) groups excluding carboxylic acids is 1. The SMILES string of the molecule is CC(C)C(C)(CC(=O)N1CCC(O)C1)C(=O)O. The van der Waals surface area contributed by atoms with Crippen molar-refractivity contribution >= 4 is 11.9 Å². The van der Waals surface area contributed by atoms with Gasteiger partial charge in [-0.2, -0.15) is 0 Å². The van der Waals surface area contributed by atoms with E-state index in [1.165, 1.54) is 0 Å². The first-order valence-corrected chi connectivity index (χ1v) is 5.96. The first-order chi connectivity index (χ1) is 7.77. The second kappa shape index (κ2) is 5.04. The predicted molar refractivity (Wildman–Crippen MR) is 62.4 cm³/mol. The van der Waals surface area contributed by atoms with E-state index in [1.54, 1.807) is 25.7 Å². The Morgan fingerprint density at radius 3 is 2.41 bits per heavy atom. The molecular formula is C12H21NO4. The lowest BCUT2D eigenvalue weighted by molar-refractivity contribution is -0.155. The van der Waals surface area contributed by atoms with Crippen LogP contribution >= 0.6 is 0 Å². The molecule has 1 aliphatic rings. The van der Waals surface area contributed by atoms with Crippen LogP contribution in [-0.4, -0.2) is 46.2 Å². The highest BCUT2D eigenvalue weighted by molar-refractivity contribution is 5.85. The first-order valence-electron chi connectivity index (χ1n) is 5.96. The van der Waals surface area contributed by atoms with Crippen molar-refractivity contribution < 1.29 is 19.8 Å². The minimum atomic E-state index is -1.04. The highest BCUT2D eigenvalue weighted by Crippen LogP contribution is 2.32. The monoisotopic (exact) mass is 243 g/mol. The van der Waals surface area contributed by atoms with Crippen LogP contribution in [0.5, 0.6) is 0 Å². The Balaban J connectivity index is 2.68. The van der Waals surface area contributed by atoms with Crippen molar-refractivity contribution in [3.05, 3.63) is 0 Å². The molecule has 0 aliphatic carbocycles. The summed E-state index contributed by atoms with van der Waals surface area (Å²) in [4.78, 5) is 24.8. The third-order valence-corrected chi connectivity index (χ3v) is 3.80. The van der Waals surface area contributed by atoms with E-state index in [0.717, 1.165) is 0 Å². The molecule has 2 N–H and O–H groups in total. The smallest absolute Gasteiger partial charge is 0.310 e. The van der Waals surface area contributed by atoms with Gasteiger partial charge in [0, 0.05) is 19.5 Å². The lowest BCUT2D eigenvalue weighted by atomic mass is 9.76. The van der Waals surface area contributed by atoms with Gasteiger partial charge in [-0.1, -0.05) is 13.8 Å². The molecule has 5 nitrogen and oxygen atoms in total. The molecule has 1 amide bonds. The fourth-order valence-electron chi connectivity index (χ4n) is 1.92. The minimum absolute atomic E-state index is 0.00722. The third kappa shape index (κ3) is 2.97. The molecule has 1 aliphatic heterocycles. The Morgan fingerprint density at radius 2 is 2.06 bits per heavy atom. The number of β-amino-alcohol motifs (C(OH)–C–C–N with tert-alkyl or cyclic N) is 1. The molecule has 0 bridgehead atoms. The maximum atomic E-state index is 12.0. The van der Waals surface area contributed by atoms with E-state index in [4.69, 9.17) is 0 Å². The summed E-state index contributed by atoms with van der Waals surface area (Å²) in [7, 11) is 0. The summed E-state index contributed by atoms with van der Waals surface area (Å²) in [5.74, 6) is -1.24. The molecule has 98 valence electrons. The molecule has 0 aromatic carbocycles. The number of aliphatic hydroxyl groups is 1. The van der Waals surface area contributed by atoms with Gasteiger partial charge in [0.15, 0.2) is 0 Å². The Labute approximate surface area is 101 Å². The highest BCUT2D eigenvalue weighted by Gasteiger charge is 2.40. The van der Waals surface area contributed by atoms with Gasteiger partial charge in [-0.05, 0) is 19.3 Å². The Bertz CT molecular complexity index is 316. The van der Waals surface area contributed by atoms with Crippen LogP contribution < -0.4 is 0 Å². The highest BCUT2D eigenvalue weighted by atomic mass is 16.4. The van der Waals surface area contributed by atoms with Gasteiger partial charge in [0.25, 0.3) is 0 Å². The van der Waals surface area contributed by atoms with Gasteiger partial charge >= 0.3 is 5.97 Å². The fourth-order valence-corrected chi connectivity index (χ4v) is 1.92. The van der Waals surface area contributed by atoms with Gasteiger partial charge in [-0.3, -0.25) is 9.59 Å². The van der Waals surface area contributed by atoms with Crippen LogP contribution in [0.2, 0.25) is 0 Å². The van der Waals surface area contributed by atoms with Gasteiger partial charge in [0.05, 0.1) is 11.5 Å². The molecule has 5 heteroatoms. The molecule has 0 spiro atoms. The van der Waals surface area contributed by atoms with Gasteiger partial charge in [-0.15, -0.1) is 0 Å². The quantitative estimate of drug-likeness (QED) is 0.762. The molecule has 0 aromatic heterocycles. The van der Waals surface area contributed by atoms with Crippen LogP contribution in [0.4, 0.5) is 0 Å². The van der Waals surface area contributed by atoms with E-state index in [9.17, 15) is 19.8 Å². The molecular weight excluding hydrogens is 222 g/mol. The molecule has 1 saturated heterocycles. The van der Waals surface area contributed by atoms with Crippen LogP contribution in [0, 0.1) is 11.3 Å². The zero-order valence-electron chi connectivity index (χ0n) is 10.6.